The summed E-state index contributed by atoms with van der Waals surface area (Å²) >= 11 is 0. The Morgan fingerprint density at radius 1 is 1.26 bits per heavy atom. The Hall–Kier alpha value is -1.81. The van der Waals surface area contributed by atoms with E-state index in [9.17, 15) is 9.90 Å². The summed E-state index contributed by atoms with van der Waals surface area (Å²) in [6.45, 7) is 0. The van der Waals surface area contributed by atoms with Gasteiger partial charge in [-0.1, -0.05) is 25.0 Å². The lowest BCUT2D eigenvalue weighted by molar-refractivity contribution is -0.118. The molecule has 1 aromatic carbocycles. The van der Waals surface area contributed by atoms with Crippen molar-refractivity contribution in [1.29, 1.82) is 0 Å². The number of anilines is 1. The molecule has 4 nitrogen and oxygen atoms in total. The minimum Gasteiger partial charge on any atom is -0.399 e. The molecule has 1 amide bonds. The van der Waals surface area contributed by atoms with E-state index < -0.39 is 6.10 Å². The van der Waals surface area contributed by atoms with Crippen molar-refractivity contribution >= 4 is 17.7 Å². The average Bonchev–Trinajstić information content (AvgIpc) is 2.41. The molecule has 4 N–H and O–H groups in total. The summed E-state index contributed by atoms with van der Waals surface area (Å²) in [6.07, 6.45) is 6.53. The molecule has 1 aromatic rings. The minimum absolute atomic E-state index is 0.114. The molecule has 0 aliphatic heterocycles. The van der Waals surface area contributed by atoms with Gasteiger partial charge in [0.05, 0.1) is 12.1 Å². The summed E-state index contributed by atoms with van der Waals surface area (Å²) in [6, 6.07) is 7.19. The maximum Gasteiger partial charge on any atom is 0.244 e. The number of carbonyl (C=O) groups is 1. The molecule has 1 saturated carbocycles. The van der Waals surface area contributed by atoms with E-state index in [0.29, 0.717) is 5.69 Å². The smallest absolute Gasteiger partial charge is 0.244 e. The van der Waals surface area contributed by atoms with Gasteiger partial charge in [0.25, 0.3) is 0 Å². The number of aliphatic hydroxyl groups excluding tert-OH is 1. The second kappa shape index (κ2) is 6.38. The Kier molecular flexibility index (Phi) is 4.58. The topological polar surface area (TPSA) is 75.4 Å². The summed E-state index contributed by atoms with van der Waals surface area (Å²) in [5.41, 5.74) is 7.22. The van der Waals surface area contributed by atoms with Crippen molar-refractivity contribution in [2.24, 2.45) is 0 Å². The van der Waals surface area contributed by atoms with Gasteiger partial charge in [-0.3, -0.25) is 4.79 Å². The zero-order valence-electron chi connectivity index (χ0n) is 10.9. The molecule has 1 aliphatic carbocycles. The highest BCUT2D eigenvalue weighted by Gasteiger charge is 2.23. The molecule has 0 spiro atoms. The van der Waals surface area contributed by atoms with Crippen LogP contribution in [-0.2, 0) is 4.79 Å². The fourth-order valence-corrected chi connectivity index (χ4v) is 2.29. The van der Waals surface area contributed by atoms with E-state index in [1.807, 2.05) is 12.1 Å². The van der Waals surface area contributed by atoms with Crippen LogP contribution in [0.25, 0.3) is 6.08 Å². The van der Waals surface area contributed by atoms with E-state index in [0.717, 1.165) is 31.2 Å². The summed E-state index contributed by atoms with van der Waals surface area (Å²) in [4.78, 5) is 11.8. The van der Waals surface area contributed by atoms with E-state index >= 15 is 0 Å². The van der Waals surface area contributed by atoms with Crippen LogP contribution in [0.3, 0.4) is 0 Å². The fraction of sp³-hybridized carbons (Fsp3) is 0.400. The third-order valence-corrected chi connectivity index (χ3v) is 3.42. The number of nitrogens with two attached hydrogens (primary N) is 1. The Bertz CT molecular complexity index is 454. The molecular weight excluding hydrogens is 240 g/mol. The van der Waals surface area contributed by atoms with Gasteiger partial charge in [0.1, 0.15) is 0 Å². The zero-order valence-corrected chi connectivity index (χ0v) is 10.9. The number of aliphatic hydroxyl groups is 1. The lowest BCUT2D eigenvalue weighted by Gasteiger charge is -2.27. The van der Waals surface area contributed by atoms with Gasteiger partial charge in [-0.15, -0.1) is 0 Å². The van der Waals surface area contributed by atoms with Crippen LogP contribution in [0.15, 0.2) is 30.3 Å². The molecule has 0 saturated heterocycles. The van der Waals surface area contributed by atoms with Crippen LogP contribution in [0.4, 0.5) is 5.69 Å². The molecule has 0 unspecified atom stereocenters. The van der Waals surface area contributed by atoms with Crippen LogP contribution in [-0.4, -0.2) is 23.2 Å². The maximum absolute atomic E-state index is 11.8. The van der Waals surface area contributed by atoms with Crippen molar-refractivity contribution in [1.82, 2.24) is 5.32 Å². The first-order chi connectivity index (χ1) is 9.15. The molecule has 2 rings (SSSR count). The summed E-state index contributed by atoms with van der Waals surface area (Å²) < 4.78 is 0. The largest absolute Gasteiger partial charge is 0.399 e. The molecule has 2 atom stereocenters. The first kappa shape index (κ1) is 13.6. The van der Waals surface area contributed by atoms with Crippen LogP contribution in [0.5, 0.6) is 0 Å². The monoisotopic (exact) mass is 260 g/mol. The Morgan fingerprint density at radius 3 is 2.63 bits per heavy atom. The van der Waals surface area contributed by atoms with Gasteiger partial charge in [0, 0.05) is 11.8 Å². The number of amides is 1. The molecule has 0 heterocycles. The number of hydrogen-bond acceptors (Lipinski definition) is 3. The molecule has 1 fully saturated rings. The Balaban J connectivity index is 1.88. The van der Waals surface area contributed by atoms with Crippen LogP contribution in [0.1, 0.15) is 31.2 Å². The van der Waals surface area contributed by atoms with Gasteiger partial charge in [-0.2, -0.15) is 0 Å². The predicted octanol–water partition coefficient (Wildman–Crippen LogP) is 1.70. The van der Waals surface area contributed by atoms with E-state index in [2.05, 4.69) is 5.32 Å². The van der Waals surface area contributed by atoms with Crippen LogP contribution in [0, 0.1) is 0 Å². The first-order valence-corrected chi connectivity index (χ1v) is 6.67. The standard InChI is InChI=1S/C15H20N2O2/c16-12-8-5-11(6-9-12)7-10-15(19)17-13-3-1-2-4-14(13)18/h5-10,13-14,18H,1-4,16H2,(H,17,19)/b10-7+/t13-,14-/m0/s1. The van der Waals surface area contributed by atoms with Crippen molar-refractivity contribution in [3.63, 3.8) is 0 Å². The summed E-state index contributed by atoms with van der Waals surface area (Å²) in [7, 11) is 0. The molecule has 19 heavy (non-hydrogen) atoms. The van der Waals surface area contributed by atoms with Gasteiger partial charge in [0.15, 0.2) is 0 Å². The van der Waals surface area contributed by atoms with E-state index in [4.69, 9.17) is 5.73 Å². The molecule has 102 valence electrons. The minimum atomic E-state index is -0.414. The summed E-state index contributed by atoms with van der Waals surface area (Å²) in [5.74, 6) is -0.164. The number of carbonyl (C=O) groups excluding carboxylic acids is 1. The van der Waals surface area contributed by atoms with Crippen molar-refractivity contribution in [2.75, 3.05) is 5.73 Å². The van der Waals surface area contributed by atoms with Gasteiger partial charge >= 0.3 is 0 Å². The van der Waals surface area contributed by atoms with Crippen molar-refractivity contribution in [3.8, 4) is 0 Å². The predicted molar refractivity (Wildman–Crippen MR) is 76.3 cm³/mol. The Morgan fingerprint density at radius 2 is 1.95 bits per heavy atom. The molecule has 0 bridgehead atoms. The number of nitrogen functional groups attached to an aromatic ring is 1. The second-order valence-corrected chi connectivity index (χ2v) is 4.97. The first-order valence-electron chi connectivity index (χ1n) is 6.67. The van der Waals surface area contributed by atoms with Gasteiger partial charge in [-0.05, 0) is 36.6 Å². The number of benzene rings is 1. The van der Waals surface area contributed by atoms with Crippen LogP contribution < -0.4 is 11.1 Å². The number of rotatable bonds is 3. The highest BCUT2D eigenvalue weighted by atomic mass is 16.3. The van der Waals surface area contributed by atoms with Crippen molar-refractivity contribution in [3.05, 3.63) is 35.9 Å². The highest BCUT2D eigenvalue weighted by molar-refractivity contribution is 5.92. The van der Waals surface area contributed by atoms with Gasteiger partial charge < -0.3 is 16.2 Å². The zero-order chi connectivity index (χ0) is 13.7. The lowest BCUT2D eigenvalue weighted by Crippen LogP contribution is -2.44. The highest BCUT2D eigenvalue weighted by Crippen LogP contribution is 2.18. The number of hydrogen-bond donors (Lipinski definition) is 3. The SMILES string of the molecule is Nc1ccc(/C=C/C(=O)N[C@H]2CCCC[C@@H]2O)cc1. The molecule has 0 radical (unpaired) electrons. The van der Waals surface area contributed by atoms with E-state index in [-0.39, 0.29) is 11.9 Å². The van der Waals surface area contributed by atoms with Crippen molar-refractivity contribution in [2.45, 2.75) is 37.8 Å². The molecule has 0 aromatic heterocycles. The van der Waals surface area contributed by atoms with E-state index in [1.165, 1.54) is 6.08 Å². The van der Waals surface area contributed by atoms with Gasteiger partial charge in [0.2, 0.25) is 5.91 Å². The normalized spacial score (nSPS) is 23.4. The quantitative estimate of drug-likeness (QED) is 0.572. The lowest BCUT2D eigenvalue weighted by atomic mass is 9.92. The van der Waals surface area contributed by atoms with Crippen LogP contribution in [0.2, 0.25) is 0 Å². The third kappa shape index (κ3) is 4.10. The van der Waals surface area contributed by atoms with E-state index in [1.54, 1.807) is 18.2 Å². The third-order valence-electron chi connectivity index (χ3n) is 3.42. The number of nitrogens with one attached hydrogen (secondary N) is 1. The molecular formula is C15H20N2O2. The second-order valence-electron chi connectivity index (χ2n) is 4.97. The molecule has 4 heteroatoms. The molecule has 1 aliphatic rings. The summed E-state index contributed by atoms with van der Waals surface area (Å²) in [5, 5.41) is 12.6. The fourth-order valence-electron chi connectivity index (χ4n) is 2.29. The van der Waals surface area contributed by atoms with Crippen LogP contribution >= 0.6 is 0 Å². The van der Waals surface area contributed by atoms with Crippen molar-refractivity contribution < 1.29 is 9.90 Å². The Labute approximate surface area is 113 Å². The van der Waals surface area contributed by atoms with Gasteiger partial charge in [-0.25, -0.2) is 0 Å². The average molecular weight is 260 g/mol. The maximum atomic E-state index is 11.8.